The Morgan fingerprint density at radius 2 is 1.71 bits per heavy atom. The quantitative estimate of drug-likeness (QED) is 0.559. The molecule has 1 aromatic rings. The van der Waals surface area contributed by atoms with E-state index in [2.05, 4.69) is 0 Å². The molecule has 5 heteroatoms. The molecule has 0 heterocycles. The fraction of sp³-hybridized carbons (Fsp3) is 0.562. The fourth-order valence-electron chi connectivity index (χ4n) is 1.99. The van der Waals surface area contributed by atoms with Crippen molar-refractivity contribution in [3.8, 4) is 0 Å². The van der Waals surface area contributed by atoms with Gasteiger partial charge in [0.15, 0.2) is 0 Å². The molecule has 0 bridgehead atoms. The predicted octanol–water partition coefficient (Wildman–Crippen LogP) is 2.09. The number of anilines is 1. The summed E-state index contributed by atoms with van der Waals surface area (Å²) in [6, 6.07) is 5.40. The number of hydrogen-bond donors (Lipinski definition) is 1. The molecular weight excluding hydrogens is 268 g/mol. The number of aryl methyl sites for hydroxylation is 1. The average molecular weight is 294 g/mol. The largest absolute Gasteiger partial charge is 0.399 e. The third-order valence-corrected chi connectivity index (χ3v) is 3.20. The zero-order chi connectivity index (χ0) is 15.7. The molecule has 0 fully saturated rings. The summed E-state index contributed by atoms with van der Waals surface area (Å²) in [6.07, 6.45) is 0. The number of carbonyl (C=O) groups is 1. The minimum absolute atomic E-state index is 0.0285. The summed E-state index contributed by atoms with van der Waals surface area (Å²) in [5.41, 5.74) is 7.95. The summed E-state index contributed by atoms with van der Waals surface area (Å²) < 4.78 is 10.7. The molecule has 0 spiro atoms. The summed E-state index contributed by atoms with van der Waals surface area (Å²) in [5, 5.41) is 0. The van der Waals surface area contributed by atoms with E-state index >= 15 is 0 Å². The number of hydrogen-bond acceptors (Lipinski definition) is 4. The molecule has 0 radical (unpaired) electrons. The molecule has 1 amide bonds. The van der Waals surface area contributed by atoms with E-state index in [0.717, 1.165) is 5.56 Å². The zero-order valence-corrected chi connectivity index (χ0v) is 13.2. The maximum atomic E-state index is 12.7. The number of ether oxygens (including phenoxy) is 2. The van der Waals surface area contributed by atoms with Gasteiger partial charge in [-0.3, -0.25) is 4.79 Å². The minimum atomic E-state index is -0.0285. The van der Waals surface area contributed by atoms with E-state index in [9.17, 15) is 4.79 Å². The highest BCUT2D eigenvalue weighted by Crippen LogP contribution is 2.15. The van der Waals surface area contributed by atoms with Gasteiger partial charge < -0.3 is 20.1 Å². The number of benzene rings is 1. The molecular formula is C16H26N2O3. The first-order valence-corrected chi connectivity index (χ1v) is 7.41. The number of carbonyl (C=O) groups excluding carboxylic acids is 1. The van der Waals surface area contributed by atoms with Crippen molar-refractivity contribution in [2.75, 3.05) is 45.3 Å². The van der Waals surface area contributed by atoms with E-state index < -0.39 is 0 Å². The molecule has 0 aliphatic heterocycles. The number of nitrogen functional groups attached to an aromatic ring is 1. The Bertz CT molecular complexity index is 439. The van der Waals surface area contributed by atoms with E-state index in [1.54, 1.807) is 17.0 Å². The monoisotopic (exact) mass is 294 g/mol. The Labute approximate surface area is 127 Å². The highest BCUT2D eigenvalue weighted by Gasteiger charge is 2.17. The molecule has 0 aliphatic carbocycles. The van der Waals surface area contributed by atoms with Crippen molar-refractivity contribution in [1.82, 2.24) is 4.90 Å². The third-order valence-electron chi connectivity index (χ3n) is 3.20. The average Bonchev–Trinajstić information content (AvgIpc) is 2.48. The Morgan fingerprint density at radius 3 is 2.24 bits per heavy atom. The lowest BCUT2D eigenvalue weighted by Gasteiger charge is -2.23. The Morgan fingerprint density at radius 1 is 1.14 bits per heavy atom. The molecule has 0 saturated heterocycles. The predicted molar refractivity (Wildman–Crippen MR) is 84.5 cm³/mol. The summed E-state index contributed by atoms with van der Waals surface area (Å²) in [5.74, 6) is -0.0285. The normalized spacial score (nSPS) is 10.6. The van der Waals surface area contributed by atoms with Crippen LogP contribution >= 0.6 is 0 Å². The second kappa shape index (κ2) is 9.37. The van der Waals surface area contributed by atoms with Crippen LogP contribution in [0.2, 0.25) is 0 Å². The van der Waals surface area contributed by atoms with Crippen molar-refractivity contribution >= 4 is 11.6 Å². The van der Waals surface area contributed by atoms with Gasteiger partial charge in [0.1, 0.15) is 0 Å². The van der Waals surface area contributed by atoms with Gasteiger partial charge in [-0.2, -0.15) is 0 Å². The number of amides is 1. The highest BCUT2D eigenvalue weighted by molar-refractivity contribution is 5.96. The summed E-state index contributed by atoms with van der Waals surface area (Å²) in [7, 11) is 0. The lowest BCUT2D eigenvalue weighted by Crippen LogP contribution is -2.37. The molecule has 21 heavy (non-hydrogen) atoms. The molecule has 0 aromatic heterocycles. The molecule has 0 aliphatic rings. The van der Waals surface area contributed by atoms with E-state index in [1.165, 1.54) is 0 Å². The SMILES string of the molecule is CCOCCN(CCOCC)C(=O)c1cc(N)ccc1C. The van der Waals surface area contributed by atoms with E-state index in [0.29, 0.717) is 50.8 Å². The number of nitrogens with zero attached hydrogens (tertiary/aromatic N) is 1. The van der Waals surface area contributed by atoms with Crippen LogP contribution in [0, 0.1) is 6.92 Å². The second-order valence-electron chi connectivity index (χ2n) is 4.76. The first kappa shape index (κ1) is 17.5. The van der Waals surface area contributed by atoms with Gasteiger partial charge in [-0.15, -0.1) is 0 Å². The van der Waals surface area contributed by atoms with Crippen molar-refractivity contribution < 1.29 is 14.3 Å². The number of rotatable bonds is 9. The zero-order valence-electron chi connectivity index (χ0n) is 13.2. The highest BCUT2D eigenvalue weighted by atomic mass is 16.5. The molecule has 1 rings (SSSR count). The van der Waals surface area contributed by atoms with Crippen molar-refractivity contribution in [1.29, 1.82) is 0 Å². The smallest absolute Gasteiger partial charge is 0.254 e. The maximum absolute atomic E-state index is 12.7. The first-order valence-electron chi connectivity index (χ1n) is 7.41. The van der Waals surface area contributed by atoms with Gasteiger partial charge in [-0.25, -0.2) is 0 Å². The van der Waals surface area contributed by atoms with Crippen molar-refractivity contribution in [2.24, 2.45) is 0 Å². The van der Waals surface area contributed by atoms with Gasteiger partial charge in [-0.1, -0.05) is 6.07 Å². The van der Waals surface area contributed by atoms with Crippen molar-refractivity contribution in [2.45, 2.75) is 20.8 Å². The van der Waals surface area contributed by atoms with Crippen molar-refractivity contribution in [3.05, 3.63) is 29.3 Å². The topological polar surface area (TPSA) is 64.8 Å². The van der Waals surface area contributed by atoms with Gasteiger partial charge >= 0.3 is 0 Å². The molecule has 5 nitrogen and oxygen atoms in total. The minimum Gasteiger partial charge on any atom is -0.399 e. The fourth-order valence-corrected chi connectivity index (χ4v) is 1.99. The molecule has 0 atom stereocenters. The first-order chi connectivity index (χ1) is 10.1. The molecule has 0 unspecified atom stereocenters. The van der Waals surface area contributed by atoms with Gasteiger partial charge in [0.05, 0.1) is 13.2 Å². The third kappa shape index (κ3) is 5.73. The van der Waals surface area contributed by atoms with Crippen LogP contribution < -0.4 is 5.73 Å². The van der Waals surface area contributed by atoms with Gasteiger partial charge in [0, 0.05) is 37.6 Å². The van der Waals surface area contributed by atoms with Crippen LogP contribution in [-0.2, 0) is 9.47 Å². The van der Waals surface area contributed by atoms with E-state index in [1.807, 2.05) is 26.8 Å². The molecule has 118 valence electrons. The summed E-state index contributed by atoms with van der Waals surface area (Å²) in [4.78, 5) is 14.4. The second-order valence-corrected chi connectivity index (χ2v) is 4.76. The maximum Gasteiger partial charge on any atom is 0.254 e. The molecule has 1 aromatic carbocycles. The van der Waals surface area contributed by atoms with Crippen LogP contribution in [0.25, 0.3) is 0 Å². The van der Waals surface area contributed by atoms with Crippen LogP contribution in [0.5, 0.6) is 0 Å². The van der Waals surface area contributed by atoms with Crippen molar-refractivity contribution in [3.63, 3.8) is 0 Å². The summed E-state index contributed by atoms with van der Waals surface area (Å²) >= 11 is 0. The van der Waals surface area contributed by atoms with E-state index in [-0.39, 0.29) is 5.91 Å². The van der Waals surface area contributed by atoms with Gasteiger partial charge in [0.2, 0.25) is 0 Å². The van der Waals surface area contributed by atoms with Crippen LogP contribution in [-0.4, -0.2) is 50.3 Å². The Kier molecular flexibility index (Phi) is 7.79. The van der Waals surface area contributed by atoms with Gasteiger partial charge in [-0.05, 0) is 38.5 Å². The van der Waals surface area contributed by atoms with Crippen LogP contribution in [0.15, 0.2) is 18.2 Å². The summed E-state index contributed by atoms with van der Waals surface area (Å²) in [6.45, 7) is 9.22. The van der Waals surface area contributed by atoms with Crippen LogP contribution in [0.3, 0.4) is 0 Å². The Hall–Kier alpha value is -1.59. The lowest BCUT2D eigenvalue weighted by molar-refractivity contribution is 0.0549. The molecule has 2 N–H and O–H groups in total. The van der Waals surface area contributed by atoms with Crippen LogP contribution in [0.1, 0.15) is 29.8 Å². The standard InChI is InChI=1S/C16H26N2O3/c1-4-20-10-8-18(9-11-21-5-2)16(19)15-12-14(17)7-6-13(15)3/h6-7,12H,4-5,8-11,17H2,1-3H3. The van der Waals surface area contributed by atoms with Gasteiger partial charge in [0.25, 0.3) is 5.91 Å². The van der Waals surface area contributed by atoms with E-state index in [4.69, 9.17) is 15.2 Å². The molecule has 0 saturated carbocycles. The Balaban J connectivity index is 2.79. The number of nitrogens with two attached hydrogens (primary N) is 1. The van der Waals surface area contributed by atoms with Crippen LogP contribution in [0.4, 0.5) is 5.69 Å². The lowest BCUT2D eigenvalue weighted by atomic mass is 10.1.